The Labute approximate surface area is 104 Å². The summed E-state index contributed by atoms with van der Waals surface area (Å²) in [6, 6.07) is 6.93. The number of nitrogens with one attached hydrogen (secondary N) is 1. The van der Waals surface area contributed by atoms with Crippen LogP contribution in [0.15, 0.2) is 24.3 Å². The van der Waals surface area contributed by atoms with Crippen molar-refractivity contribution in [3.8, 4) is 0 Å². The predicted molar refractivity (Wildman–Crippen MR) is 63.8 cm³/mol. The third-order valence-electron chi connectivity index (χ3n) is 2.51. The van der Waals surface area contributed by atoms with E-state index in [9.17, 15) is 18.0 Å². The summed E-state index contributed by atoms with van der Waals surface area (Å²) in [4.78, 5) is 11.6. The summed E-state index contributed by atoms with van der Waals surface area (Å²) in [5.74, 6) is 0.0204. The molecule has 0 aliphatic carbocycles. The van der Waals surface area contributed by atoms with Crippen molar-refractivity contribution in [3.63, 3.8) is 0 Å². The summed E-state index contributed by atoms with van der Waals surface area (Å²) >= 11 is 0. The number of carbonyl (C=O) groups excluding carboxylic acids is 1. The van der Waals surface area contributed by atoms with Crippen molar-refractivity contribution in [2.24, 2.45) is 0 Å². The molecule has 0 unspecified atom stereocenters. The van der Waals surface area contributed by atoms with Gasteiger partial charge in [-0.2, -0.15) is 13.2 Å². The van der Waals surface area contributed by atoms with E-state index in [0.717, 1.165) is 5.56 Å². The van der Waals surface area contributed by atoms with Gasteiger partial charge in [0.1, 0.15) is 0 Å². The number of carbonyl (C=O) groups is 1. The molecule has 1 aromatic carbocycles. The van der Waals surface area contributed by atoms with Gasteiger partial charge in [0.05, 0.1) is 13.1 Å². The van der Waals surface area contributed by atoms with E-state index in [1.807, 2.05) is 26.0 Å². The Hall–Kier alpha value is -1.36. The van der Waals surface area contributed by atoms with Crippen LogP contribution in [-0.2, 0) is 0 Å². The van der Waals surface area contributed by atoms with Gasteiger partial charge >= 0.3 is 6.18 Å². The number of Topliss-reactive ketones (excluding diaryl/α,β-unsaturated/α-hetero) is 1. The Bertz CT molecular complexity index is 396. The van der Waals surface area contributed by atoms with Crippen LogP contribution in [0.4, 0.5) is 13.2 Å². The topological polar surface area (TPSA) is 29.1 Å². The van der Waals surface area contributed by atoms with Crippen LogP contribution >= 0.6 is 0 Å². The molecular weight excluding hydrogens is 243 g/mol. The second-order valence-electron chi connectivity index (χ2n) is 4.42. The number of ketones is 1. The lowest BCUT2D eigenvalue weighted by atomic mass is 10.0. The molecule has 100 valence electrons. The molecule has 0 heterocycles. The number of benzene rings is 1. The Morgan fingerprint density at radius 3 is 2.22 bits per heavy atom. The SMILES string of the molecule is CC(C)c1ccc(C(=O)CNCC(F)(F)F)cc1. The molecule has 0 atom stereocenters. The normalized spacial score (nSPS) is 11.9. The molecule has 5 heteroatoms. The first-order valence-corrected chi connectivity index (χ1v) is 5.70. The van der Waals surface area contributed by atoms with E-state index in [1.54, 1.807) is 12.1 Å². The summed E-state index contributed by atoms with van der Waals surface area (Å²) in [7, 11) is 0. The fraction of sp³-hybridized carbons (Fsp3) is 0.462. The fourth-order valence-corrected chi connectivity index (χ4v) is 1.47. The predicted octanol–water partition coefficient (Wildman–Crippen LogP) is 3.14. The van der Waals surface area contributed by atoms with Crippen LogP contribution in [0.3, 0.4) is 0 Å². The first-order chi connectivity index (χ1) is 8.29. The van der Waals surface area contributed by atoms with Gasteiger partial charge in [0, 0.05) is 5.56 Å². The van der Waals surface area contributed by atoms with Crippen LogP contribution in [0.5, 0.6) is 0 Å². The zero-order valence-electron chi connectivity index (χ0n) is 10.3. The van der Waals surface area contributed by atoms with Crippen molar-refractivity contribution < 1.29 is 18.0 Å². The molecule has 1 aromatic rings. The fourth-order valence-electron chi connectivity index (χ4n) is 1.47. The largest absolute Gasteiger partial charge is 0.401 e. The van der Waals surface area contributed by atoms with Crippen molar-refractivity contribution >= 4 is 5.78 Å². The first-order valence-electron chi connectivity index (χ1n) is 5.70. The van der Waals surface area contributed by atoms with Crippen LogP contribution in [0.1, 0.15) is 35.7 Å². The Kier molecular flexibility index (Phi) is 4.90. The monoisotopic (exact) mass is 259 g/mol. The first kappa shape index (κ1) is 14.7. The van der Waals surface area contributed by atoms with Gasteiger partial charge in [-0.15, -0.1) is 0 Å². The van der Waals surface area contributed by atoms with Gasteiger partial charge in [0.25, 0.3) is 0 Å². The van der Waals surface area contributed by atoms with Gasteiger partial charge in [0.2, 0.25) is 0 Å². The average Bonchev–Trinajstić information content (AvgIpc) is 2.27. The minimum Gasteiger partial charge on any atom is -0.302 e. The van der Waals surface area contributed by atoms with E-state index in [2.05, 4.69) is 5.32 Å². The zero-order chi connectivity index (χ0) is 13.8. The number of alkyl halides is 3. The molecule has 0 aliphatic rings. The molecule has 0 radical (unpaired) electrons. The van der Waals surface area contributed by atoms with Crippen molar-refractivity contribution in [1.29, 1.82) is 0 Å². The lowest BCUT2D eigenvalue weighted by Crippen LogP contribution is -2.32. The zero-order valence-corrected chi connectivity index (χ0v) is 10.3. The molecule has 2 nitrogen and oxygen atoms in total. The highest BCUT2D eigenvalue weighted by molar-refractivity contribution is 5.97. The van der Waals surface area contributed by atoms with Crippen LogP contribution in [-0.4, -0.2) is 25.0 Å². The molecule has 18 heavy (non-hydrogen) atoms. The van der Waals surface area contributed by atoms with Gasteiger partial charge in [-0.05, 0) is 11.5 Å². The van der Waals surface area contributed by atoms with Crippen LogP contribution in [0.25, 0.3) is 0 Å². The second kappa shape index (κ2) is 6.00. The lowest BCUT2D eigenvalue weighted by Gasteiger charge is -2.08. The smallest absolute Gasteiger partial charge is 0.302 e. The molecule has 0 fully saturated rings. The third kappa shape index (κ3) is 4.87. The molecule has 0 saturated carbocycles. The number of rotatable bonds is 5. The maximum absolute atomic E-state index is 11.9. The van der Waals surface area contributed by atoms with Gasteiger partial charge in [-0.1, -0.05) is 38.1 Å². The molecule has 0 saturated heterocycles. The summed E-state index contributed by atoms with van der Waals surface area (Å²) in [6.45, 7) is 2.60. The lowest BCUT2D eigenvalue weighted by molar-refractivity contribution is -0.124. The minimum atomic E-state index is -4.29. The minimum absolute atomic E-state index is 0.305. The molecule has 1 rings (SSSR count). The molecule has 0 aromatic heterocycles. The van der Waals surface area contributed by atoms with E-state index < -0.39 is 12.7 Å². The quantitative estimate of drug-likeness (QED) is 0.823. The summed E-state index contributed by atoms with van der Waals surface area (Å²) < 4.78 is 35.6. The van der Waals surface area contributed by atoms with E-state index >= 15 is 0 Å². The van der Waals surface area contributed by atoms with Crippen LogP contribution in [0, 0.1) is 0 Å². The van der Waals surface area contributed by atoms with Crippen LogP contribution < -0.4 is 5.32 Å². The van der Waals surface area contributed by atoms with E-state index in [0.29, 0.717) is 11.5 Å². The molecule has 1 N–H and O–H groups in total. The standard InChI is InChI=1S/C13H16F3NO/c1-9(2)10-3-5-11(6-4-10)12(18)7-17-8-13(14,15)16/h3-6,9,17H,7-8H2,1-2H3. The van der Waals surface area contributed by atoms with E-state index in [1.165, 1.54) is 0 Å². The molecular formula is C13H16F3NO. The van der Waals surface area contributed by atoms with Crippen molar-refractivity contribution in [2.45, 2.75) is 25.9 Å². The van der Waals surface area contributed by atoms with Crippen molar-refractivity contribution in [3.05, 3.63) is 35.4 Å². The highest BCUT2D eigenvalue weighted by Gasteiger charge is 2.26. The summed E-state index contributed by atoms with van der Waals surface area (Å²) in [5.41, 5.74) is 1.52. The molecule has 0 bridgehead atoms. The molecule has 0 amide bonds. The number of hydrogen-bond acceptors (Lipinski definition) is 2. The van der Waals surface area contributed by atoms with Gasteiger partial charge < -0.3 is 5.32 Å². The third-order valence-corrected chi connectivity index (χ3v) is 2.51. The average molecular weight is 259 g/mol. The Morgan fingerprint density at radius 1 is 1.22 bits per heavy atom. The van der Waals surface area contributed by atoms with Crippen molar-refractivity contribution in [2.75, 3.05) is 13.1 Å². The molecule has 0 spiro atoms. The highest BCUT2D eigenvalue weighted by atomic mass is 19.4. The second-order valence-corrected chi connectivity index (χ2v) is 4.42. The number of halogens is 3. The molecule has 0 aliphatic heterocycles. The van der Waals surface area contributed by atoms with Gasteiger partial charge in [-0.25, -0.2) is 0 Å². The van der Waals surface area contributed by atoms with Gasteiger partial charge in [-0.3, -0.25) is 4.79 Å². The maximum atomic E-state index is 11.9. The Balaban J connectivity index is 2.52. The van der Waals surface area contributed by atoms with E-state index in [4.69, 9.17) is 0 Å². The summed E-state index contributed by atoms with van der Waals surface area (Å²) in [5, 5.41) is 2.09. The highest BCUT2D eigenvalue weighted by Crippen LogP contribution is 2.15. The Morgan fingerprint density at radius 2 is 1.78 bits per heavy atom. The summed E-state index contributed by atoms with van der Waals surface area (Å²) in [6.07, 6.45) is -4.29. The van der Waals surface area contributed by atoms with Crippen molar-refractivity contribution in [1.82, 2.24) is 5.32 Å². The van der Waals surface area contributed by atoms with Crippen LogP contribution in [0.2, 0.25) is 0 Å². The van der Waals surface area contributed by atoms with Gasteiger partial charge in [0.15, 0.2) is 5.78 Å². The maximum Gasteiger partial charge on any atom is 0.401 e. The van der Waals surface area contributed by atoms with E-state index in [-0.39, 0.29) is 12.3 Å². The number of hydrogen-bond donors (Lipinski definition) is 1.